The number of carbonyl (C=O) groups excluding carboxylic acids is 1. The summed E-state index contributed by atoms with van der Waals surface area (Å²) in [6.07, 6.45) is 1.67. The van der Waals surface area contributed by atoms with E-state index in [4.69, 9.17) is 0 Å². The lowest BCUT2D eigenvalue weighted by atomic mass is 10.0. The Hall–Kier alpha value is -1.62. The van der Waals surface area contributed by atoms with Crippen molar-refractivity contribution in [2.24, 2.45) is 5.92 Å². The van der Waals surface area contributed by atoms with Gasteiger partial charge in [-0.25, -0.2) is 0 Å². The number of carbonyl (C=O) groups is 1. The van der Waals surface area contributed by atoms with Gasteiger partial charge in [-0.1, -0.05) is 19.9 Å². The minimum absolute atomic E-state index is 0.0398. The fourth-order valence-electron chi connectivity index (χ4n) is 2.16. The fraction of sp³-hybridized carbons (Fsp3) is 0.467. The number of nitrogens with zero attached hydrogens (tertiary/aromatic N) is 2. The maximum absolute atomic E-state index is 12.5. The number of rotatable bonds is 5. The summed E-state index contributed by atoms with van der Waals surface area (Å²) < 4.78 is 1.75. The molecule has 0 saturated carbocycles. The second kappa shape index (κ2) is 6.22. The highest BCUT2D eigenvalue weighted by Crippen LogP contribution is 2.26. The molecular weight excluding hydrogens is 270 g/mol. The monoisotopic (exact) mass is 291 g/mol. The van der Waals surface area contributed by atoms with E-state index in [1.54, 1.807) is 28.3 Å². The van der Waals surface area contributed by atoms with Crippen LogP contribution in [-0.4, -0.2) is 15.7 Å². The van der Waals surface area contributed by atoms with Crippen LogP contribution in [0.4, 0.5) is 0 Å². The van der Waals surface area contributed by atoms with E-state index in [1.165, 1.54) is 4.88 Å². The van der Waals surface area contributed by atoms with Crippen molar-refractivity contribution in [1.29, 1.82) is 0 Å². The van der Waals surface area contributed by atoms with Gasteiger partial charge in [-0.05, 0) is 37.3 Å². The largest absolute Gasteiger partial charge is 0.343 e. The first-order valence-electron chi connectivity index (χ1n) is 6.88. The van der Waals surface area contributed by atoms with E-state index in [9.17, 15) is 4.79 Å². The van der Waals surface area contributed by atoms with Crippen molar-refractivity contribution in [2.75, 3.05) is 0 Å². The predicted molar refractivity (Wildman–Crippen MR) is 82.0 cm³/mol. The van der Waals surface area contributed by atoms with Crippen molar-refractivity contribution in [3.63, 3.8) is 0 Å². The van der Waals surface area contributed by atoms with Gasteiger partial charge in [-0.15, -0.1) is 11.3 Å². The molecule has 0 saturated heterocycles. The van der Waals surface area contributed by atoms with Crippen molar-refractivity contribution in [2.45, 2.75) is 39.8 Å². The highest BCUT2D eigenvalue weighted by Gasteiger charge is 2.22. The van der Waals surface area contributed by atoms with Crippen LogP contribution in [0, 0.1) is 5.92 Å². The summed E-state index contributed by atoms with van der Waals surface area (Å²) in [6.45, 7) is 8.26. The van der Waals surface area contributed by atoms with Crippen LogP contribution in [0.5, 0.6) is 0 Å². The van der Waals surface area contributed by atoms with Gasteiger partial charge in [-0.3, -0.25) is 9.48 Å². The average Bonchev–Trinajstić information content (AvgIpc) is 3.05. The second-order valence-corrected chi connectivity index (χ2v) is 6.44. The van der Waals surface area contributed by atoms with Crippen LogP contribution in [0.15, 0.2) is 29.8 Å². The van der Waals surface area contributed by atoms with Gasteiger partial charge < -0.3 is 5.32 Å². The molecule has 1 N–H and O–H groups in total. The lowest BCUT2D eigenvalue weighted by Gasteiger charge is -2.22. The topological polar surface area (TPSA) is 46.9 Å². The maximum Gasteiger partial charge on any atom is 0.270 e. The van der Waals surface area contributed by atoms with E-state index in [0.717, 1.165) is 0 Å². The molecule has 5 heteroatoms. The summed E-state index contributed by atoms with van der Waals surface area (Å²) in [6, 6.07) is 6.05. The van der Waals surface area contributed by atoms with Crippen molar-refractivity contribution in [3.05, 3.63) is 40.3 Å². The molecule has 20 heavy (non-hydrogen) atoms. The quantitative estimate of drug-likeness (QED) is 0.914. The van der Waals surface area contributed by atoms with Crippen LogP contribution in [0.3, 0.4) is 0 Å². The summed E-state index contributed by atoms with van der Waals surface area (Å²) in [4.78, 5) is 13.7. The molecule has 0 fully saturated rings. The second-order valence-electron chi connectivity index (χ2n) is 5.47. The number of hydrogen-bond donors (Lipinski definition) is 1. The Bertz CT molecular complexity index is 557. The van der Waals surface area contributed by atoms with E-state index >= 15 is 0 Å². The number of hydrogen-bond acceptors (Lipinski definition) is 3. The molecule has 1 atom stereocenters. The zero-order valence-electron chi connectivity index (χ0n) is 12.3. The Labute approximate surface area is 123 Å². The first-order chi connectivity index (χ1) is 9.50. The van der Waals surface area contributed by atoms with E-state index in [0.29, 0.717) is 11.6 Å². The summed E-state index contributed by atoms with van der Waals surface area (Å²) in [7, 11) is 0. The molecular formula is C15H21N3OS. The molecule has 108 valence electrons. The minimum Gasteiger partial charge on any atom is -0.343 e. The summed E-state index contributed by atoms with van der Waals surface area (Å²) in [5.41, 5.74) is 0.613. The lowest BCUT2D eigenvalue weighted by Crippen LogP contribution is -2.33. The molecule has 4 nitrogen and oxygen atoms in total. The normalized spacial score (nSPS) is 12.9. The molecule has 0 aromatic carbocycles. The highest BCUT2D eigenvalue weighted by atomic mass is 32.1. The first kappa shape index (κ1) is 14.8. The number of thiophene rings is 1. The van der Waals surface area contributed by atoms with Gasteiger partial charge in [0.1, 0.15) is 5.69 Å². The van der Waals surface area contributed by atoms with Gasteiger partial charge in [0, 0.05) is 17.1 Å². The molecule has 2 aromatic rings. The van der Waals surface area contributed by atoms with Crippen LogP contribution in [0.2, 0.25) is 0 Å². The van der Waals surface area contributed by atoms with Gasteiger partial charge in [0.15, 0.2) is 0 Å². The van der Waals surface area contributed by atoms with Gasteiger partial charge in [0.05, 0.1) is 6.04 Å². The molecule has 0 unspecified atom stereocenters. The Morgan fingerprint density at radius 3 is 2.60 bits per heavy atom. The molecule has 0 radical (unpaired) electrons. The number of aromatic nitrogens is 2. The van der Waals surface area contributed by atoms with Gasteiger partial charge in [0.2, 0.25) is 0 Å². The van der Waals surface area contributed by atoms with E-state index in [1.807, 2.05) is 25.3 Å². The predicted octanol–water partition coefficient (Wildman–Crippen LogP) is 3.65. The zero-order valence-corrected chi connectivity index (χ0v) is 13.1. The summed E-state index contributed by atoms with van der Waals surface area (Å²) >= 11 is 1.67. The smallest absolute Gasteiger partial charge is 0.270 e. The maximum atomic E-state index is 12.5. The van der Waals surface area contributed by atoms with Crippen LogP contribution in [0.25, 0.3) is 0 Å². The van der Waals surface area contributed by atoms with Crippen molar-refractivity contribution >= 4 is 17.2 Å². The van der Waals surface area contributed by atoms with E-state index in [-0.39, 0.29) is 18.0 Å². The van der Waals surface area contributed by atoms with Crippen molar-refractivity contribution < 1.29 is 4.79 Å². The third kappa shape index (κ3) is 3.10. The van der Waals surface area contributed by atoms with Gasteiger partial charge in [0.25, 0.3) is 5.91 Å². The molecule has 2 heterocycles. The molecule has 1 amide bonds. The SMILES string of the molecule is CC(C)[C@@H](NC(=O)c1ccnn1C(C)C)c1cccs1. The van der Waals surface area contributed by atoms with E-state index in [2.05, 4.69) is 30.3 Å². The Balaban J connectivity index is 2.19. The Morgan fingerprint density at radius 2 is 2.05 bits per heavy atom. The molecule has 0 aliphatic rings. The van der Waals surface area contributed by atoms with Crippen LogP contribution < -0.4 is 5.32 Å². The molecule has 0 bridgehead atoms. The molecule has 2 rings (SSSR count). The van der Waals surface area contributed by atoms with Gasteiger partial charge in [-0.2, -0.15) is 5.10 Å². The highest BCUT2D eigenvalue weighted by molar-refractivity contribution is 7.10. The number of amides is 1. The summed E-state index contributed by atoms with van der Waals surface area (Å²) in [5, 5.41) is 9.37. The van der Waals surface area contributed by atoms with Crippen LogP contribution in [-0.2, 0) is 0 Å². The van der Waals surface area contributed by atoms with Crippen LogP contribution in [0.1, 0.15) is 55.1 Å². The fourth-order valence-corrected chi connectivity index (χ4v) is 3.10. The molecule has 0 aliphatic heterocycles. The molecule has 2 aromatic heterocycles. The molecule has 0 aliphatic carbocycles. The van der Waals surface area contributed by atoms with Crippen molar-refractivity contribution in [1.82, 2.24) is 15.1 Å². The number of nitrogens with one attached hydrogen (secondary N) is 1. The Morgan fingerprint density at radius 1 is 1.30 bits per heavy atom. The average molecular weight is 291 g/mol. The first-order valence-corrected chi connectivity index (χ1v) is 7.76. The lowest BCUT2D eigenvalue weighted by molar-refractivity contribution is 0.0913. The van der Waals surface area contributed by atoms with Gasteiger partial charge >= 0.3 is 0 Å². The van der Waals surface area contributed by atoms with Crippen molar-refractivity contribution in [3.8, 4) is 0 Å². The van der Waals surface area contributed by atoms with Crippen LogP contribution >= 0.6 is 11.3 Å². The third-order valence-corrected chi connectivity index (χ3v) is 4.15. The zero-order chi connectivity index (χ0) is 14.7. The Kier molecular flexibility index (Phi) is 4.60. The third-order valence-electron chi connectivity index (χ3n) is 3.20. The summed E-state index contributed by atoms with van der Waals surface area (Å²) in [5.74, 6) is 0.274. The standard InChI is InChI=1S/C15H21N3OS/c1-10(2)14(13-6-5-9-20-13)17-15(19)12-7-8-16-18(12)11(3)4/h5-11,14H,1-4H3,(H,17,19)/t14-/m1/s1. The molecule has 0 spiro atoms. The van der Waals surface area contributed by atoms with E-state index < -0.39 is 0 Å². The minimum atomic E-state index is -0.0664.